The van der Waals surface area contributed by atoms with Crippen molar-refractivity contribution >= 4 is 29.1 Å². The second kappa shape index (κ2) is 4.12. The molecule has 2 aromatic heterocycles. The van der Waals surface area contributed by atoms with Gasteiger partial charge in [-0.3, -0.25) is 0 Å². The molecule has 0 atom stereocenters. The first-order valence-electron chi connectivity index (χ1n) is 4.17. The third kappa shape index (κ3) is 1.93. The highest BCUT2D eigenvalue weighted by Gasteiger charge is 2.17. The van der Waals surface area contributed by atoms with Crippen LogP contribution in [0.15, 0.2) is 33.1 Å². The Bertz CT molecular complexity index is 471. The maximum absolute atomic E-state index is 11.0. The molecule has 1 N–H and O–H groups in total. The van der Waals surface area contributed by atoms with Gasteiger partial charge in [-0.25, -0.2) is 4.79 Å². The van der Waals surface area contributed by atoms with Crippen molar-refractivity contribution in [2.75, 3.05) is 6.26 Å². The first-order chi connectivity index (χ1) is 7.22. The molecule has 3 nitrogen and oxygen atoms in total. The lowest BCUT2D eigenvalue weighted by Crippen LogP contribution is -1.93. The molecule has 0 amide bonds. The van der Waals surface area contributed by atoms with Gasteiger partial charge < -0.3 is 9.52 Å². The largest absolute Gasteiger partial charge is 0.477 e. The van der Waals surface area contributed by atoms with Crippen LogP contribution in [0.3, 0.4) is 0 Å². The molecule has 2 aromatic rings. The number of thioether (sulfide) groups is 1. The first kappa shape index (κ1) is 10.3. The van der Waals surface area contributed by atoms with Gasteiger partial charge in [0.1, 0.15) is 10.6 Å². The van der Waals surface area contributed by atoms with Crippen molar-refractivity contribution in [3.63, 3.8) is 0 Å². The Morgan fingerprint density at radius 3 is 2.93 bits per heavy atom. The Balaban J connectivity index is 2.54. The van der Waals surface area contributed by atoms with Gasteiger partial charge in [-0.05, 0) is 24.5 Å². The topological polar surface area (TPSA) is 50.4 Å². The molecule has 0 aromatic carbocycles. The molecule has 2 heterocycles. The third-order valence-corrected chi connectivity index (χ3v) is 4.08. The number of hydrogen-bond acceptors (Lipinski definition) is 4. The average Bonchev–Trinajstić information content (AvgIpc) is 2.86. The van der Waals surface area contributed by atoms with E-state index in [1.165, 1.54) is 29.4 Å². The van der Waals surface area contributed by atoms with Gasteiger partial charge in [-0.15, -0.1) is 23.1 Å². The minimum atomic E-state index is -0.910. The zero-order valence-corrected chi connectivity index (χ0v) is 9.52. The Labute approximate surface area is 94.7 Å². The maximum Gasteiger partial charge on any atom is 0.346 e. The molecule has 15 heavy (non-hydrogen) atoms. The van der Waals surface area contributed by atoms with Crippen LogP contribution < -0.4 is 0 Å². The van der Waals surface area contributed by atoms with Gasteiger partial charge in [0.05, 0.1) is 10.5 Å². The summed E-state index contributed by atoms with van der Waals surface area (Å²) in [7, 11) is 0. The number of carboxylic acid groups (broad SMARTS) is 1. The smallest absolute Gasteiger partial charge is 0.346 e. The first-order valence-corrected chi connectivity index (χ1v) is 6.21. The van der Waals surface area contributed by atoms with Gasteiger partial charge in [-0.2, -0.15) is 0 Å². The van der Waals surface area contributed by atoms with Crippen molar-refractivity contribution in [3.8, 4) is 11.3 Å². The Morgan fingerprint density at radius 1 is 1.60 bits per heavy atom. The molecule has 0 radical (unpaired) electrons. The van der Waals surface area contributed by atoms with Crippen LogP contribution in [-0.2, 0) is 0 Å². The van der Waals surface area contributed by atoms with Crippen LogP contribution in [0.5, 0.6) is 0 Å². The third-order valence-electron chi connectivity index (χ3n) is 1.89. The Kier molecular flexibility index (Phi) is 2.83. The highest BCUT2D eigenvalue weighted by molar-refractivity contribution is 8.00. The summed E-state index contributed by atoms with van der Waals surface area (Å²) >= 11 is 2.80. The zero-order chi connectivity index (χ0) is 10.8. The molecule has 0 spiro atoms. The van der Waals surface area contributed by atoms with Gasteiger partial charge in [0, 0.05) is 5.56 Å². The van der Waals surface area contributed by atoms with E-state index in [0.717, 1.165) is 4.21 Å². The lowest BCUT2D eigenvalue weighted by Gasteiger charge is -1.93. The van der Waals surface area contributed by atoms with E-state index in [0.29, 0.717) is 16.2 Å². The highest BCUT2D eigenvalue weighted by atomic mass is 32.2. The number of aromatic carboxylic acids is 1. The Morgan fingerprint density at radius 2 is 2.40 bits per heavy atom. The minimum Gasteiger partial charge on any atom is -0.477 e. The van der Waals surface area contributed by atoms with E-state index >= 15 is 0 Å². The fraction of sp³-hybridized carbons (Fsp3) is 0.100. The number of furan rings is 1. The van der Waals surface area contributed by atoms with Crippen LogP contribution >= 0.6 is 23.1 Å². The number of carbonyl (C=O) groups is 1. The molecule has 0 saturated carbocycles. The molecule has 0 aliphatic carbocycles. The van der Waals surface area contributed by atoms with E-state index in [9.17, 15) is 4.79 Å². The van der Waals surface area contributed by atoms with Crippen molar-refractivity contribution in [1.29, 1.82) is 0 Å². The normalized spacial score (nSPS) is 10.5. The summed E-state index contributed by atoms with van der Waals surface area (Å²) in [5.74, 6) is -0.310. The van der Waals surface area contributed by atoms with Crippen LogP contribution in [-0.4, -0.2) is 17.3 Å². The molecular weight excluding hydrogens is 232 g/mol. The number of thiophene rings is 1. The van der Waals surface area contributed by atoms with E-state index in [-0.39, 0.29) is 0 Å². The summed E-state index contributed by atoms with van der Waals surface area (Å²) in [4.78, 5) is 11.3. The summed E-state index contributed by atoms with van der Waals surface area (Å²) in [6.07, 6.45) is 3.46. The predicted molar refractivity (Wildman–Crippen MR) is 60.8 cm³/mol. The average molecular weight is 240 g/mol. The molecule has 0 fully saturated rings. The number of hydrogen-bond donors (Lipinski definition) is 1. The predicted octanol–water partition coefficient (Wildman–Crippen LogP) is 3.43. The molecule has 0 aliphatic rings. The van der Waals surface area contributed by atoms with Gasteiger partial charge in [-0.1, -0.05) is 0 Å². The van der Waals surface area contributed by atoms with Crippen molar-refractivity contribution in [2.45, 2.75) is 4.21 Å². The number of carboxylic acids is 1. The van der Waals surface area contributed by atoms with Gasteiger partial charge >= 0.3 is 5.97 Å². The van der Waals surface area contributed by atoms with E-state index < -0.39 is 5.97 Å². The fourth-order valence-corrected chi connectivity index (χ4v) is 2.80. The summed E-state index contributed by atoms with van der Waals surface area (Å²) in [6.45, 7) is 0. The van der Waals surface area contributed by atoms with E-state index in [2.05, 4.69) is 0 Å². The Hall–Kier alpha value is -1.20. The summed E-state index contributed by atoms with van der Waals surface area (Å²) in [5.41, 5.74) is 0.654. The number of rotatable bonds is 3. The van der Waals surface area contributed by atoms with Crippen molar-refractivity contribution in [2.24, 2.45) is 0 Å². The molecule has 0 aliphatic heterocycles. The second-order valence-corrected chi connectivity index (χ2v) is 4.95. The van der Waals surface area contributed by atoms with Crippen LogP contribution in [0.2, 0.25) is 0 Å². The van der Waals surface area contributed by atoms with Gasteiger partial charge in [0.15, 0.2) is 0 Å². The fourth-order valence-electron chi connectivity index (χ4n) is 1.24. The summed E-state index contributed by atoms with van der Waals surface area (Å²) < 4.78 is 6.17. The van der Waals surface area contributed by atoms with E-state index in [4.69, 9.17) is 9.52 Å². The summed E-state index contributed by atoms with van der Waals surface area (Å²) in [5, 5.41) is 9.03. The lowest BCUT2D eigenvalue weighted by atomic mass is 10.2. The SMILES string of the molecule is CSc1cc(-c2ccco2)c(C(=O)O)s1. The minimum absolute atomic E-state index is 0.328. The van der Waals surface area contributed by atoms with Crippen LogP contribution in [0, 0.1) is 0 Å². The standard InChI is InChI=1S/C10H8O3S2/c1-14-8-5-6(7-3-2-4-13-7)9(15-8)10(11)12/h2-5H,1H3,(H,11,12). The molecule has 0 bridgehead atoms. The second-order valence-electron chi connectivity index (χ2n) is 2.79. The summed E-state index contributed by atoms with van der Waals surface area (Å²) in [6, 6.07) is 5.35. The van der Waals surface area contributed by atoms with E-state index in [1.54, 1.807) is 12.1 Å². The monoisotopic (exact) mass is 240 g/mol. The van der Waals surface area contributed by atoms with E-state index in [1.807, 2.05) is 12.3 Å². The van der Waals surface area contributed by atoms with Crippen LogP contribution in [0.4, 0.5) is 0 Å². The quantitative estimate of drug-likeness (QED) is 0.835. The molecule has 0 saturated heterocycles. The van der Waals surface area contributed by atoms with Crippen molar-refractivity contribution < 1.29 is 14.3 Å². The highest BCUT2D eigenvalue weighted by Crippen LogP contribution is 2.36. The maximum atomic E-state index is 11.0. The lowest BCUT2D eigenvalue weighted by molar-refractivity contribution is 0.0702. The molecule has 78 valence electrons. The van der Waals surface area contributed by atoms with Crippen LogP contribution in [0.25, 0.3) is 11.3 Å². The van der Waals surface area contributed by atoms with Gasteiger partial charge in [0.25, 0.3) is 0 Å². The van der Waals surface area contributed by atoms with Crippen molar-refractivity contribution in [1.82, 2.24) is 0 Å². The molecule has 2 rings (SSSR count). The van der Waals surface area contributed by atoms with Crippen molar-refractivity contribution in [3.05, 3.63) is 29.3 Å². The zero-order valence-electron chi connectivity index (χ0n) is 7.89. The molecule has 0 unspecified atom stereocenters. The van der Waals surface area contributed by atoms with Crippen LogP contribution in [0.1, 0.15) is 9.67 Å². The molecular formula is C10H8O3S2. The molecule has 5 heteroatoms. The van der Waals surface area contributed by atoms with Gasteiger partial charge in [0.2, 0.25) is 0 Å².